The smallest absolute Gasteiger partial charge is 0.339 e. The molecule has 3 rings (SSSR count). The van der Waals surface area contributed by atoms with E-state index in [1.165, 1.54) is 41.4 Å². The molecule has 0 aliphatic carbocycles. The number of rotatable bonds is 6. The Kier molecular flexibility index (Phi) is 5.52. The van der Waals surface area contributed by atoms with Crippen LogP contribution in [0.15, 0.2) is 71.0 Å². The first-order valence-corrected chi connectivity index (χ1v) is 11.1. The summed E-state index contributed by atoms with van der Waals surface area (Å²) in [5.74, 6) is 0. The van der Waals surface area contributed by atoms with Gasteiger partial charge in [-0.15, -0.1) is 0 Å². The zero-order chi connectivity index (χ0) is 22.2. The summed E-state index contributed by atoms with van der Waals surface area (Å²) in [6.45, 7) is 0. The fourth-order valence-corrected chi connectivity index (χ4v) is 4.56. The van der Waals surface area contributed by atoms with Crippen LogP contribution in [0.25, 0.3) is 0 Å². The number of aromatic nitrogens is 2. The zero-order valence-corrected chi connectivity index (χ0v) is 16.9. The van der Waals surface area contributed by atoms with E-state index < -0.39 is 31.8 Å². The lowest BCUT2D eigenvalue weighted by molar-refractivity contribution is -0.137. The van der Waals surface area contributed by atoms with E-state index in [0.29, 0.717) is 6.07 Å². The van der Waals surface area contributed by atoms with Crippen LogP contribution in [0.1, 0.15) is 5.56 Å². The Morgan fingerprint density at radius 1 is 0.900 bits per heavy atom. The lowest BCUT2D eigenvalue weighted by atomic mass is 10.2. The van der Waals surface area contributed by atoms with Crippen LogP contribution in [-0.2, 0) is 33.3 Å². The first-order valence-electron chi connectivity index (χ1n) is 8.18. The van der Waals surface area contributed by atoms with Crippen LogP contribution in [0.4, 0.5) is 24.5 Å². The van der Waals surface area contributed by atoms with Crippen molar-refractivity contribution in [3.8, 4) is 0 Å². The Morgan fingerprint density at radius 2 is 1.50 bits per heavy atom. The van der Waals surface area contributed by atoms with E-state index in [4.69, 9.17) is 0 Å². The number of hydrogen-bond donors (Lipinski definition) is 2. The summed E-state index contributed by atoms with van der Waals surface area (Å²) < 4.78 is 94.0. The minimum absolute atomic E-state index is 0.0624. The molecule has 0 saturated heterocycles. The van der Waals surface area contributed by atoms with Gasteiger partial charge in [-0.3, -0.25) is 9.44 Å². The van der Waals surface area contributed by atoms with Crippen LogP contribution >= 0.6 is 0 Å². The molecule has 8 nitrogen and oxygen atoms in total. The van der Waals surface area contributed by atoms with Gasteiger partial charge in [-0.05, 0) is 36.4 Å². The normalized spacial score (nSPS) is 12.5. The third kappa shape index (κ3) is 4.91. The number of nitrogens with zero attached hydrogens (tertiary/aromatic N) is 2. The van der Waals surface area contributed by atoms with Crippen LogP contribution in [0.2, 0.25) is 0 Å². The predicted octanol–water partition coefficient (Wildman–Crippen LogP) is 3.04. The average molecular weight is 460 g/mol. The molecule has 0 bridgehead atoms. The van der Waals surface area contributed by atoms with E-state index in [1.807, 2.05) is 0 Å². The number of nitrogens with one attached hydrogen (secondary N) is 2. The van der Waals surface area contributed by atoms with Crippen molar-refractivity contribution >= 4 is 31.4 Å². The van der Waals surface area contributed by atoms with Crippen molar-refractivity contribution in [3.05, 3.63) is 66.6 Å². The zero-order valence-electron chi connectivity index (χ0n) is 15.3. The fraction of sp³-hybridized carbons (Fsp3) is 0.118. The maximum Gasteiger partial charge on any atom is 0.416 e. The molecule has 1 aromatic heterocycles. The molecule has 2 N–H and O–H groups in total. The standard InChI is InChI=1S/C17H15F3N4O4S2/c1-24-10-16(21-11-24)30(27,28)23-14-6-3-7-15(9-14)29(25,26)22-13-5-2-4-12(8-13)17(18,19)20/h2-11,22-23H,1H3. The molecular formula is C17H15F3N4O4S2. The molecule has 0 radical (unpaired) electrons. The Balaban J connectivity index is 1.86. The molecule has 0 amide bonds. The van der Waals surface area contributed by atoms with E-state index in [-0.39, 0.29) is 21.3 Å². The van der Waals surface area contributed by atoms with Crippen molar-refractivity contribution in [3.63, 3.8) is 0 Å². The van der Waals surface area contributed by atoms with Gasteiger partial charge in [-0.1, -0.05) is 12.1 Å². The number of alkyl halides is 3. The number of sulfonamides is 2. The number of anilines is 2. The van der Waals surface area contributed by atoms with Gasteiger partial charge in [-0.25, -0.2) is 13.4 Å². The SMILES string of the molecule is Cn1cnc(S(=O)(=O)Nc2cccc(S(=O)(=O)Nc3cccc(C(F)(F)F)c3)c2)c1. The largest absolute Gasteiger partial charge is 0.416 e. The first kappa shape index (κ1) is 21.6. The highest BCUT2D eigenvalue weighted by atomic mass is 32.2. The van der Waals surface area contributed by atoms with E-state index in [9.17, 15) is 30.0 Å². The highest BCUT2D eigenvalue weighted by molar-refractivity contribution is 7.93. The van der Waals surface area contributed by atoms with Crippen LogP contribution < -0.4 is 9.44 Å². The molecule has 0 fully saturated rings. The molecule has 30 heavy (non-hydrogen) atoms. The molecule has 2 aromatic carbocycles. The first-order chi connectivity index (χ1) is 13.9. The number of halogens is 3. The Hall–Kier alpha value is -3.06. The van der Waals surface area contributed by atoms with Crippen LogP contribution in [0.5, 0.6) is 0 Å². The van der Waals surface area contributed by atoms with Gasteiger partial charge < -0.3 is 4.57 Å². The second-order valence-electron chi connectivity index (χ2n) is 6.19. The van der Waals surface area contributed by atoms with Gasteiger partial charge in [0.25, 0.3) is 20.0 Å². The third-order valence-electron chi connectivity index (χ3n) is 3.80. The maximum absolute atomic E-state index is 12.8. The molecule has 0 aliphatic heterocycles. The van der Waals surface area contributed by atoms with E-state index in [1.54, 1.807) is 7.05 Å². The van der Waals surface area contributed by atoms with Gasteiger partial charge >= 0.3 is 6.18 Å². The van der Waals surface area contributed by atoms with Gasteiger partial charge in [0.1, 0.15) is 0 Å². The molecule has 13 heteroatoms. The Morgan fingerprint density at radius 3 is 2.10 bits per heavy atom. The van der Waals surface area contributed by atoms with Crippen molar-refractivity contribution in [1.29, 1.82) is 0 Å². The quantitative estimate of drug-likeness (QED) is 0.588. The monoisotopic (exact) mass is 460 g/mol. The van der Waals surface area contributed by atoms with Gasteiger partial charge in [0.2, 0.25) is 0 Å². The highest BCUT2D eigenvalue weighted by Crippen LogP contribution is 2.31. The molecule has 3 aromatic rings. The van der Waals surface area contributed by atoms with Gasteiger partial charge in [0, 0.05) is 18.9 Å². The van der Waals surface area contributed by atoms with Crippen molar-refractivity contribution in [2.75, 3.05) is 9.44 Å². The lowest BCUT2D eigenvalue weighted by Crippen LogP contribution is -2.16. The van der Waals surface area contributed by atoms with Crippen molar-refractivity contribution in [2.24, 2.45) is 7.05 Å². The minimum Gasteiger partial charge on any atom is -0.339 e. The van der Waals surface area contributed by atoms with Crippen molar-refractivity contribution in [2.45, 2.75) is 16.1 Å². The van der Waals surface area contributed by atoms with Crippen LogP contribution in [0, 0.1) is 0 Å². The average Bonchev–Trinajstić information content (AvgIpc) is 3.08. The summed E-state index contributed by atoms with van der Waals surface area (Å²) >= 11 is 0. The van der Waals surface area contributed by atoms with E-state index in [2.05, 4.69) is 14.4 Å². The fourth-order valence-electron chi connectivity index (χ4n) is 2.43. The molecule has 0 spiro atoms. The molecule has 0 unspecified atom stereocenters. The van der Waals surface area contributed by atoms with E-state index >= 15 is 0 Å². The van der Waals surface area contributed by atoms with Gasteiger partial charge in [-0.2, -0.15) is 21.6 Å². The lowest BCUT2D eigenvalue weighted by Gasteiger charge is -2.12. The molecule has 0 saturated carbocycles. The number of aryl methyl sites for hydroxylation is 1. The molecule has 0 atom stereocenters. The van der Waals surface area contributed by atoms with Crippen molar-refractivity contribution in [1.82, 2.24) is 9.55 Å². The maximum atomic E-state index is 12.8. The van der Waals surface area contributed by atoms with Gasteiger partial charge in [0.05, 0.1) is 22.5 Å². The second kappa shape index (κ2) is 7.65. The van der Waals surface area contributed by atoms with Crippen molar-refractivity contribution < 1.29 is 30.0 Å². The van der Waals surface area contributed by atoms with Gasteiger partial charge in [0.15, 0.2) is 5.03 Å². The molecule has 1 heterocycles. The molecule has 160 valence electrons. The van der Waals surface area contributed by atoms with E-state index in [0.717, 1.165) is 18.2 Å². The summed E-state index contributed by atoms with van der Waals surface area (Å²) in [6.07, 6.45) is -2.09. The highest BCUT2D eigenvalue weighted by Gasteiger charge is 2.30. The summed E-state index contributed by atoms with van der Waals surface area (Å²) in [6, 6.07) is 8.53. The summed E-state index contributed by atoms with van der Waals surface area (Å²) in [5.41, 5.74) is -1.36. The number of imidazole rings is 1. The Labute approximate surface area is 170 Å². The predicted molar refractivity (Wildman–Crippen MR) is 103 cm³/mol. The van der Waals surface area contributed by atoms with Crippen LogP contribution in [0.3, 0.4) is 0 Å². The van der Waals surface area contributed by atoms with Crippen LogP contribution in [-0.4, -0.2) is 26.4 Å². The second-order valence-corrected chi connectivity index (χ2v) is 9.51. The Bertz CT molecular complexity index is 1290. The molecule has 0 aliphatic rings. The third-order valence-corrected chi connectivity index (χ3v) is 6.44. The number of hydrogen-bond acceptors (Lipinski definition) is 5. The summed E-state index contributed by atoms with van der Waals surface area (Å²) in [7, 11) is -6.76. The number of benzene rings is 2. The summed E-state index contributed by atoms with van der Waals surface area (Å²) in [5, 5.41) is -0.264. The summed E-state index contributed by atoms with van der Waals surface area (Å²) in [4.78, 5) is 3.38. The molecular weight excluding hydrogens is 445 g/mol. The topological polar surface area (TPSA) is 110 Å². The minimum atomic E-state index is -4.63.